The summed E-state index contributed by atoms with van der Waals surface area (Å²) in [5, 5.41) is 0. The maximum atomic E-state index is 12.3. The number of hydrogen-bond donors (Lipinski definition) is 0. The molecule has 0 aliphatic carbocycles. The second-order valence-electron chi connectivity index (χ2n) is 5.82. The number of benzene rings is 3. The molecule has 126 valence electrons. The molecule has 25 heavy (non-hydrogen) atoms. The van der Waals surface area contributed by atoms with Gasteiger partial charge in [0, 0.05) is 0 Å². The minimum Gasteiger partial charge on any atom is -0.489 e. The summed E-state index contributed by atoms with van der Waals surface area (Å²) in [6.07, 6.45) is 0. The second-order valence-corrected chi connectivity index (χ2v) is 5.82. The quantitative estimate of drug-likeness (QED) is 0.600. The molecule has 3 heteroatoms. The zero-order valence-corrected chi connectivity index (χ0v) is 14.1. The molecule has 0 bridgehead atoms. The molecule has 0 atom stereocenters. The monoisotopic (exact) mass is 332 g/mol. The molecule has 0 aromatic heterocycles. The average Bonchev–Trinajstić information content (AvgIpc) is 2.67. The Hall–Kier alpha value is -3.07. The highest BCUT2D eigenvalue weighted by molar-refractivity contribution is 5.90. The molecule has 0 unspecified atom stereocenters. The van der Waals surface area contributed by atoms with E-state index in [1.807, 2.05) is 73.7 Å². The maximum Gasteiger partial charge on any atom is 0.338 e. The first kappa shape index (κ1) is 16.8. The van der Waals surface area contributed by atoms with Crippen LogP contribution in [0.25, 0.3) is 0 Å². The number of rotatable bonds is 6. The van der Waals surface area contributed by atoms with E-state index in [0.717, 1.165) is 16.7 Å². The molecule has 0 N–H and O–H groups in total. The minimum absolute atomic E-state index is 0.258. The first-order valence-corrected chi connectivity index (χ1v) is 8.21. The normalized spacial score (nSPS) is 10.3. The predicted octanol–water partition coefficient (Wildman–Crippen LogP) is 4.93. The van der Waals surface area contributed by atoms with Gasteiger partial charge in [0.05, 0.1) is 5.56 Å². The molecule has 3 aromatic rings. The SMILES string of the molecule is Cc1ccc(C(=O)OCc2ccccc2)cc1OCc1ccccc1. The summed E-state index contributed by atoms with van der Waals surface area (Å²) in [4.78, 5) is 12.3. The largest absolute Gasteiger partial charge is 0.489 e. The van der Waals surface area contributed by atoms with Gasteiger partial charge in [-0.15, -0.1) is 0 Å². The highest BCUT2D eigenvalue weighted by atomic mass is 16.5. The molecular weight excluding hydrogens is 312 g/mol. The predicted molar refractivity (Wildman–Crippen MR) is 97.5 cm³/mol. The molecule has 0 saturated heterocycles. The highest BCUT2D eigenvalue weighted by Crippen LogP contribution is 2.21. The van der Waals surface area contributed by atoms with Gasteiger partial charge in [-0.2, -0.15) is 0 Å². The van der Waals surface area contributed by atoms with E-state index in [0.29, 0.717) is 17.9 Å². The maximum absolute atomic E-state index is 12.3. The van der Waals surface area contributed by atoms with E-state index >= 15 is 0 Å². The molecule has 0 spiro atoms. The van der Waals surface area contributed by atoms with Crippen molar-refractivity contribution in [1.29, 1.82) is 0 Å². The highest BCUT2D eigenvalue weighted by Gasteiger charge is 2.11. The van der Waals surface area contributed by atoms with Crippen LogP contribution in [0.2, 0.25) is 0 Å². The molecule has 0 radical (unpaired) electrons. The van der Waals surface area contributed by atoms with Gasteiger partial charge in [-0.3, -0.25) is 0 Å². The Labute approximate surface area is 147 Å². The first-order chi connectivity index (χ1) is 12.2. The number of esters is 1. The van der Waals surface area contributed by atoms with Crippen LogP contribution in [0, 0.1) is 6.92 Å². The van der Waals surface area contributed by atoms with E-state index in [2.05, 4.69) is 0 Å². The number of carbonyl (C=O) groups excluding carboxylic acids is 1. The van der Waals surface area contributed by atoms with E-state index in [9.17, 15) is 4.79 Å². The average molecular weight is 332 g/mol. The van der Waals surface area contributed by atoms with E-state index < -0.39 is 0 Å². The van der Waals surface area contributed by atoms with Crippen LogP contribution in [0.1, 0.15) is 27.0 Å². The molecule has 0 aliphatic heterocycles. The van der Waals surface area contributed by atoms with Gasteiger partial charge in [-0.1, -0.05) is 66.7 Å². The zero-order chi connectivity index (χ0) is 17.5. The van der Waals surface area contributed by atoms with Crippen molar-refractivity contribution in [1.82, 2.24) is 0 Å². The molecule has 3 rings (SSSR count). The van der Waals surface area contributed by atoms with E-state index in [4.69, 9.17) is 9.47 Å². The van der Waals surface area contributed by atoms with Gasteiger partial charge < -0.3 is 9.47 Å². The number of ether oxygens (including phenoxy) is 2. The van der Waals surface area contributed by atoms with E-state index in [-0.39, 0.29) is 12.6 Å². The summed E-state index contributed by atoms with van der Waals surface area (Å²) < 4.78 is 11.2. The summed E-state index contributed by atoms with van der Waals surface area (Å²) in [6, 6.07) is 24.9. The van der Waals surface area contributed by atoms with Gasteiger partial charge in [0.15, 0.2) is 0 Å². The van der Waals surface area contributed by atoms with E-state index in [1.165, 1.54) is 0 Å². The summed E-state index contributed by atoms with van der Waals surface area (Å²) in [5.41, 5.74) is 3.52. The van der Waals surface area contributed by atoms with Crippen molar-refractivity contribution in [2.75, 3.05) is 0 Å². The van der Waals surface area contributed by atoms with Gasteiger partial charge in [-0.05, 0) is 35.7 Å². The number of carbonyl (C=O) groups is 1. The Kier molecular flexibility index (Phi) is 5.47. The zero-order valence-electron chi connectivity index (χ0n) is 14.1. The van der Waals surface area contributed by atoms with Crippen molar-refractivity contribution in [2.24, 2.45) is 0 Å². The topological polar surface area (TPSA) is 35.5 Å². The van der Waals surface area contributed by atoms with Crippen LogP contribution in [0.3, 0.4) is 0 Å². The molecule has 0 heterocycles. The first-order valence-electron chi connectivity index (χ1n) is 8.21. The lowest BCUT2D eigenvalue weighted by Crippen LogP contribution is -2.06. The van der Waals surface area contributed by atoms with Crippen molar-refractivity contribution in [3.05, 3.63) is 101 Å². The fraction of sp³-hybridized carbons (Fsp3) is 0.136. The summed E-state index contributed by atoms with van der Waals surface area (Å²) >= 11 is 0. The standard InChI is InChI=1S/C22H20O3/c1-17-12-13-20(22(23)25-16-19-10-6-3-7-11-19)14-21(17)24-15-18-8-4-2-5-9-18/h2-14H,15-16H2,1H3. The molecule has 0 saturated carbocycles. The van der Waals surface area contributed by atoms with E-state index in [1.54, 1.807) is 12.1 Å². The van der Waals surface area contributed by atoms with Crippen LogP contribution in [0.4, 0.5) is 0 Å². The molecule has 3 aromatic carbocycles. The van der Waals surface area contributed by atoms with Crippen molar-refractivity contribution >= 4 is 5.97 Å². The minimum atomic E-state index is -0.353. The van der Waals surface area contributed by atoms with Crippen molar-refractivity contribution in [3.63, 3.8) is 0 Å². The molecule has 3 nitrogen and oxygen atoms in total. The van der Waals surface area contributed by atoms with Crippen LogP contribution in [0.15, 0.2) is 78.9 Å². The third kappa shape index (κ3) is 4.70. The van der Waals surface area contributed by atoms with Gasteiger partial charge in [0.25, 0.3) is 0 Å². The summed E-state index contributed by atoms with van der Waals surface area (Å²) in [7, 11) is 0. The number of hydrogen-bond acceptors (Lipinski definition) is 3. The third-order valence-electron chi connectivity index (χ3n) is 3.87. The van der Waals surface area contributed by atoms with Gasteiger partial charge >= 0.3 is 5.97 Å². The Balaban J connectivity index is 1.64. The van der Waals surface area contributed by atoms with Gasteiger partial charge in [0.2, 0.25) is 0 Å². The second kappa shape index (κ2) is 8.15. The van der Waals surface area contributed by atoms with Gasteiger partial charge in [-0.25, -0.2) is 4.79 Å². The van der Waals surface area contributed by atoms with Crippen LogP contribution in [-0.4, -0.2) is 5.97 Å². The van der Waals surface area contributed by atoms with Crippen LogP contribution in [0.5, 0.6) is 5.75 Å². The Morgan fingerprint density at radius 3 is 2.04 bits per heavy atom. The van der Waals surface area contributed by atoms with Crippen LogP contribution in [-0.2, 0) is 18.0 Å². The summed E-state index contributed by atoms with van der Waals surface area (Å²) in [6.45, 7) is 2.68. The lowest BCUT2D eigenvalue weighted by atomic mass is 10.1. The Morgan fingerprint density at radius 2 is 1.40 bits per heavy atom. The van der Waals surface area contributed by atoms with Crippen molar-refractivity contribution < 1.29 is 14.3 Å². The lowest BCUT2D eigenvalue weighted by molar-refractivity contribution is 0.0472. The van der Waals surface area contributed by atoms with Crippen LogP contribution >= 0.6 is 0 Å². The van der Waals surface area contributed by atoms with Crippen LogP contribution < -0.4 is 4.74 Å². The Bertz CT molecular complexity index is 826. The Morgan fingerprint density at radius 1 is 0.800 bits per heavy atom. The fourth-order valence-corrected chi connectivity index (χ4v) is 2.42. The van der Waals surface area contributed by atoms with Crippen molar-refractivity contribution in [3.8, 4) is 5.75 Å². The lowest BCUT2D eigenvalue weighted by Gasteiger charge is -2.11. The summed E-state index contributed by atoms with van der Waals surface area (Å²) in [5.74, 6) is 0.339. The van der Waals surface area contributed by atoms with Gasteiger partial charge in [0.1, 0.15) is 19.0 Å². The van der Waals surface area contributed by atoms with Crippen molar-refractivity contribution in [2.45, 2.75) is 20.1 Å². The smallest absolute Gasteiger partial charge is 0.338 e. The molecular formula is C22H20O3. The third-order valence-corrected chi connectivity index (χ3v) is 3.87. The number of aryl methyl sites for hydroxylation is 1. The molecule has 0 amide bonds. The fourth-order valence-electron chi connectivity index (χ4n) is 2.42. The molecule has 0 aliphatic rings. The molecule has 0 fully saturated rings.